The minimum Gasteiger partial charge on any atom is -0.469 e. The van der Waals surface area contributed by atoms with Crippen LogP contribution in [0.2, 0.25) is 0 Å². The van der Waals surface area contributed by atoms with Gasteiger partial charge in [-0.05, 0) is 12.0 Å². The van der Waals surface area contributed by atoms with Crippen LogP contribution in [0, 0.1) is 5.92 Å². The molecular weight excluding hydrogens is 278 g/mol. The van der Waals surface area contributed by atoms with Gasteiger partial charge in [-0.3, -0.25) is 14.5 Å². The van der Waals surface area contributed by atoms with E-state index in [4.69, 9.17) is 4.74 Å². The van der Waals surface area contributed by atoms with Gasteiger partial charge in [0.25, 0.3) is 0 Å². The van der Waals surface area contributed by atoms with Gasteiger partial charge in [-0.15, -0.1) is 0 Å². The topological polar surface area (TPSA) is 46.6 Å². The van der Waals surface area contributed by atoms with Gasteiger partial charge in [0.1, 0.15) is 5.78 Å². The Hall–Kier alpha value is -1.94. The summed E-state index contributed by atoms with van der Waals surface area (Å²) in [7, 11) is 1.37. The molecule has 4 heteroatoms. The molecule has 1 aliphatic rings. The first-order chi connectivity index (χ1) is 10.7. The molecule has 2 rings (SSSR count). The van der Waals surface area contributed by atoms with Crippen molar-refractivity contribution in [1.82, 2.24) is 4.90 Å². The van der Waals surface area contributed by atoms with Gasteiger partial charge < -0.3 is 4.74 Å². The average Bonchev–Trinajstić information content (AvgIpc) is 2.55. The third-order valence-corrected chi connectivity index (χ3v) is 3.92. The number of carbonyl (C=O) groups is 2. The Bertz CT molecular complexity index is 524. The molecule has 0 amide bonds. The normalized spacial score (nSPS) is 22.0. The third kappa shape index (κ3) is 5.11. The lowest BCUT2D eigenvalue weighted by molar-refractivity contribution is -0.147. The molecule has 0 spiro atoms. The van der Waals surface area contributed by atoms with Crippen LogP contribution in [-0.4, -0.2) is 36.9 Å². The zero-order valence-corrected chi connectivity index (χ0v) is 13.0. The summed E-state index contributed by atoms with van der Waals surface area (Å²) in [4.78, 5) is 26.0. The number of esters is 1. The summed E-state index contributed by atoms with van der Waals surface area (Å²) in [5.41, 5.74) is 1.24. The predicted octanol–water partition coefficient (Wildman–Crippen LogP) is 2.59. The maximum Gasteiger partial charge on any atom is 0.309 e. The van der Waals surface area contributed by atoms with Gasteiger partial charge in [0.2, 0.25) is 0 Å². The van der Waals surface area contributed by atoms with Gasteiger partial charge in [0.15, 0.2) is 0 Å². The first-order valence-electron chi connectivity index (χ1n) is 7.70. The average molecular weight is 301 g/mol. The van der Waals surface area contributed by atoms with E-state index in [9.17, 15) is 9.59 Å². The quantitative estimate of drug-likeness (QED) is 0.636. The Morgan fingerprint density at radius 2 is 2.05 bits per heavy atom. The van der Waals surface area contributed by atoms with Crippen LogP contribution in [0.3, 0.4) is 0 Å². The summed E-state index contributed by atoms with van der Waals surface area (Å²) in [6, 6.07) is 10.2. The Balaban J connectivity index is 1.99. The number of hydrogen-bond acceptors (Lipinski definition) is 4. The molecule has 118 valence electrons. The lowest BCUT2D eigenvalue weighted by Gasteiger charge is -2.22. The van der Waals surface area contributed by atoms with Crippen LogP contribution in [0.1, 0.15) is 24.8 Å². The fraction of sp³-hybridized carbons (Fsp3) is 0.444. The van der Waals surface area contributed by atoms with Crippen LogP contribution in [0.15, 0.2) is 42.5 Å². The first-order valence-corrected chi connectivity index (χ1v) is 7.70. The molecule has 1 aromatic rings. The highest BCUT2D eigenvalue weighted by molar-refractivity contribution is 5.84. The largest absolute Gasteiger partial charge is 0.469 e. The first kappa shape index (κ1) is 16.4. The van der Waals surface area contributed by atoms with Gasteiger partial charge >= 0.3 is 5.97 Å². The van der Waals surface area contributed by atoms with E-state index in [2.05, 4.69) is 23.1 Å². The number of ketones is 1. The Morgan fingerprint density at radius 1 is 1.27 bits per heavy atom. The molecule has 1 aliphatic heterocycles. The molecule has 0 saturated carbocycles. The molecule has 0 fully saturated rings. The Morgan fingerprint density at radius 3 is 2.77 bits per heavy atom. The predicted molar refractivity (Wildman–Crippen MR) is 85.2 cm³/mol. The zero-order valence-electron chi connectivity index (χ0n) is 13.0. The summed E-state index contributed by atoms with van der Waals surface area (Å²) in [5.74, 6) is -0.502. The molecule has 22 heavy (non-hydrogen) atoms. The SMILES string of the molecule is COC(=O)C1C/C=C/CN(Cc2ccccc2)CCC(=O)C1. The van der Waals surface area contributed by atoms with Gasteiger partial charge in [0.05, 0.1) is 13.0 Å². The number of hydrogen-bond donors (Lipinski definition) is 0. The molecule has 0 aliphatic carbocycles. The van der Waals surface area contributed by atoms with E-state index in [1.807, 2.05) is 24.3 Å². The van der Waals surface area contributed by atoms with Crippen LogP contribution >= 0.6 is 0 Å². The molecule has 1 unspecified atom stereocenters. The molecule has 0 saturated heterocycles. The minimum absolute atomic E-state index is 0.128. The second-order valence-electron chi connectivity index (χ2n) is 5.64. The Kier molecular flexibility index (Phi) is 6.34. The molecule has 0 N–H and O–H groups in total. The van der Waals surface area contributed by atoms with Crippen LogP contribution in [0.4, 0.5) is 0 Å². The summed E-state index contributed by atoms with van der Waals surface area (Å²) >= 11 is 0. The third-order valence-electron chi connectivity index (χ3n) is 3.92. The Labute approximate surface area is 131 Å². The van der Waals surface area contributed by atoms with E-state index in [1.54, 1.807) is 0 Å². The van der Waals surface area contributed by atoms with Crippen LogP contribution < -0.4 is 0 Å². The number of ether oxygens (including phenoxy) is 1. The molecule has 0 bridgehead atoms. The van der Waals surface area contributed by atoms with E-state index in [1.165, 1.54) is 12.7 Å². The maximum absolute atomic E-state index is 12.1. The molecule has 0 aromatic heterocycles. The van der Waals surface area contributed by atoms with Crippen LogP contribution in [0.5, 0.6) is 0 Å². The van der Waals surface area contributed by atoms with E-state index >= 15 is 0 Å². The van der Waals surface area contributed by atoms with E-state index < -0.39 is 0 Å². The molecular formula is C18H23NO3. The minimum atomic E-state index is -0.338. The van der Waals surface area contributed by atoms with Crippen molar-refractivity contribution in [2.45, 2.75) is 25.8 Å². The summed E-state index contributed by atoms with van der Waals surface area (Å²) in [6.45, 7) is 2.33. The lowest BCUT2D eigenvalue weighted by Crippen LogP contribution is -2.28. The van der Waals surface area contributed by atoms with Crippen molar-refractivity contribution in [3.05, 3.63) is 48.0 Å². The fourth-order valence-corrected chi connectivity index (χ4v) is 2.65. The lowest BCUT2D eigenvalue weighted by atomic mass is 9.96. The molecule has 1 aromatic carbocycles. The molecule has 1 atom stereocenters. The van der Waals surface area contributed by atoms with E-state index in [-0.39, 0.29) is 24.1 Å². The second-order valence-corrected chi connectivity index (χ2v) is 5.64. The van der Waals surface area contributed by atoms with E-state index in [0.717, 1.165) is 13.1 Å². The number of methoxy groups -OCH3 is 1. The molecule has 0 radical (unpaired) electrons. The van der Waals surface area contributed by atoms with Gasteiger partial charge in [-0.25, -0.2) is 0 Å². The number of Topliss-reactive ketones (excluding diaryl/α,β-unsaturated/α-hetero) is 1. The van der Waals surface area contributed by atoms with Crippen LogP contribution in [0.25, 0.3) is 0 Å². The van der Waals surface area contributed by atoms with Crippen molar-refractivity contribution in [3.8, 4) is 0 Å². The second kappa shape index (κ2) is 8.49. The highest BCUT2D eigenvalue weighted by Crippen LogP contribution is 2.16. The zero-order chi connectivity index (χ0) is 15.8. The summed E-state index contributed by atoms with van der Waals surface area (Å²) in [6.07, 6.45) is 5.38. The monoisotopic (exact) mass is 301 g/mol. The fourth-order valence-electron chi connectivity index (χ4n) is 2.65. The number of allylic oxidation sites excluding steroid dienone is 1. The summed E-state index contributed by atoms with van der Waals surface area (Å²) < 4.78 is 4.77. The summed E-state index contributed by atoms with van der Waals surface area (Å²) in [5, 5.41) is 0. The highest BCUT2D eigenvalue weighted by Gasteiger charge is 2.22. The van der Waals surface area contributed by atoms with Crippen molar-refractivity contribution in [3.63, 3.8) is 0 Å². The van der Waals surface area contributed by atoms with Gasteiger partial charge in [0, 0.05) is 32.5 Å². The number of carbonyl (C=O) groups excluding carboxylic acids is 2. The van der Waals surface area contributed by atoms with Crippen LogP contribution in [-0.2, 0) is 20.9 Å². The molecule has 1 heterocycles. The highest BCUT2D eigenvalue weighted by atomic mass is 16.5. The maximum atomic E-state index is 12.1. The standard InChI is InChI=1S/C18H23NO3/c1-22-18(21)16-9-5-6-11-19(12-10-17(20)13-16)14-15-7-3-2-4-8-15/h2-8,16H,9-14H2,1H3/b6-5+. The number of benzene rings is 1. The van der Waals surface area contributed by atoms with Crippen molar-refractivity contribution in [1.29, 1.82) is 0 Å². The van der Waals surface area contributed by atoms with Crippen molar-refractivity contribution >= 4 is 11.8 Å². The number of nitrogens with zero attached hydrogens (tertiary/aromatic N) is 1. The van der Waals surface area contributed by atoms with Gasteiger partial charge in [-0.1, -0.05) is 42.5 Å². The molecule has 4 nitrogen and oxygen atoms in total. The van der Waals surface area contributed by atoms with Crippen molar-refractivity contribution < 1.29 is 14.3 Å². The number of rotatable bonds is 3. The van der Waals surface area contributed by atoms with Crippen molar-refractivity contribution in [2.24, 2.45) is 5.92 Å². The van der Waals surface area contributed by atoms with Crippen molar-refractivity contribution in [2.75, 3.05) is 20.2 Å². The van der Waals surface area contributed by atoms with Gasteiger partial charge in [-0.2, -0.15) is 0 Å². The smallest absolute Gasteiger partial charge is 0.309 e. The van der Waals surface area contributed by atoms with E-state index in [0.29, 0.717) is 19.4 Å².